The molecule has 1 aromatic rings. The number of ether oxygens (including phenoxy) is 2. The first-order valence-electron chi connectivity index (χ1n) is 6.13. The molecule has 0 N–H and O–H groups in total. The molecule has 18 heavy (non-hydrogen) atoms. The number of rotatable bonds is 6. The van der Waals surface area contributed by atoms with Gasteiger partial charge >= 0.3 is 0 Å². The van der Waals surface area contributed by atoms with Crippen LogP contribution in [-0.4, -0.2) is 19.5 Å². The highest BCUT2D eigenvalue weighted by Crippen LogP contribution is 2.41. The molecule has 1 unspecified atom stereocenters. The van der Waals surface area contributed by atoms with E-state index in [-0.39, 0.29) is 17.8 Å². The number of methoxy groups -OCH3 is 1. The van der Waals surface area contributed by atoms with E-state index in [1.807, 2.05) is 6.92 Å². The standard InChI is InChI=1S/C14H17FO3/c1-9(5-6-16)12-7-10(15)8-13(17-2)14(12)18-11-3-4-11/h6-9,11H,3-5H2,1-2H3. The summed E-state index contributed by atoms with van der Waals surface area (Å²) in [5, 5.41) is 0. The molecule has 3 nitrogen and oxygen atoms in total. The molecule has 0 radical (unpaired) electrons. The Kier molecular flexibility index (Phi) is 3.84. The molecule has 1 atom stereocenters. The van der Waals surface area contributed by atoms with E-state index in [9.17, 15) is 9.18 Å². The van der Waals surface area contributed by atoms with Gasteiger partial charge in [-0.1, -0.05) is 6.92 Å². The lowest BCUT2D eigenvalue weighted by atomic mass is 9.97. The van der Waals surface area contributed by atoms with Gasteiger partial charge in [-0.25, -0.2) is 4.39 Å². The Bertz CT molecular complexity index is 441. The SMILES string of the molecule is COc1cc(F)cc(C(C)CC=O)c1OC1CC1. The second-order valence-corrected chi connectivity index (χ2v) is 4.65. The molecular formula is C14H17FO3. The van der Waals surface area contributed by atoms with E-state index in [4.69, 9.17) is 9.47 Å². The van der Waals surface area contributed by atoms with Crippen LogP contribution >= 0.6 is 0 Å². The first-order valence-corrected chi connectivity index (χ1v) is 6.13. The number of benzene rings is 1. The molecule has 0 saturated heterocycles. The van der Waals surface area contributed by atoms with Crippen molar-refractivity contribution in [1.29, 1.82) is 0 Å². The summed E-state index contributed by atoms with van der Waals surface area (Å²) in [6.07, 6.45) is 3.41. The fourth-order valence-electron chi connectivity index (χ4n) is 1.86. The Morgan fingerprint density at radius 2 is 2.22 bits per heavy atom. The average molecular weight is 252 g/mol. The highest BCUT2D eigenvalue weighted by molar-refractivity contribution is 5.55. The van der Waals surface area contributed by atoms with Crippen molar-refractivity contribution in [3.05, 3.63) is 23.5 Å². The Morgan fingerprint density at radius 3 is 2.78 bits per heavy atom. The molecule has 0 amide bonds. The normalized spacial score (nSPS) is 16.2. The Hall–Kier alpha value is -1.58. The first-order chi connectivity index (χ1) is 8.65. The minimum absolute atomic E-state index is 0.0825. The summed E-state index contributed by atoms with van der Waals surface area (Å²) in [6, 6.07) is 2.74. The van der Waals surface area contributed by atoms with Crippen LogP contribution in [0.1, 0.15) is 37.7 Å². The number of hydrogen-bond acceptors (Lipinski definition) is 3. The van der Waals surface area contributed by atoms with Crippen molar-refractivity contribution in [2.75, 3.05) is 7.11 Å². The van der Waals surface area contributed by atoms with Gasteiger partial charge in [0, 0.05) is 18.1 Å². The van der Waals surface area contributed by atoms with E-state index in [1.165, 1.54) is 19.2 Å². The number of carbonyl (C=O) groups excluding carboxylic acids is 1. The van der Waals surface area contributed by atoms with Crippen LogP contribution < -0.4 is 9.47 Å². The first kappa shape index (κ1) is 12.9. The molecule has 0 aromatic heterocycles. The second-order valence-electron chi connectivity index (χ2n) is 4.65. The number of carbonyl (C=O) groups is 1. The third-order valence-electron chi connectivity index (χ3n) is 3.06. The van der Waals surface area contributed by atoms with E-state index in [1.54, 1.807) is 0 Å². The highest BCUT2D eigenvalue weighted by Gasteiger charge is 2.28. The van der Waals surface area contributed by atoms with Crippen LogP contribution in [0.25, 0.3) is 0 Å². The fraction of sp³-hybridized carbons (Fsp3) is 0.500. The molecule has 4 heteroatoms. The van der Waals surface area contributed by atoms with Crippen molar-refractivity contribution in [1.82, 2.24) is 0 Å². The van der Waals surface area contributed by atoms with Gasteiger partial charge < -0.3 is 14.3 Å². The monoisotopic (exact) mass is 252 g/mol. The molecule has 0 aliphatic heterocycles. The predicted molar refractivity (Wildman–Crippen MR) is 65.7 cm³/mol. The van der Waals surface area contributed by atoms with Crippen LogP contribution in [0.4, 0.5) is 4.39 Å². The molecule has 0 heterocycles. The van der Waals surface area contributed by atoms with Gasteiger partial charge in [0.05, 0.1) is 13.2 Å². The van der Waals surface area contributed by atoms with Crippen molar-refractivity contribution in [3.63, 3.8) is 0 Å². The lowest BCUT2D eigenvalue weighted by Crippen LogP contribution is -2.06. The summed E-state index contributed by atoms with van der Waals surface area (Å²) in [7, 11) is 1.49. The van der Waals surface area contributed by atoms with E-state index >= 15 is 0 Å². The van der Waals surface area contributed by atoms with Crippen LogP contribution in [0.2, 0.25) is 0 Å². The summed E-state index contributed by atoms with van der Waals surface area (Å²) in [4.78, 5) is 10.6. The smallest absolute Gasteiger partial charge is 0.165 e. The van der Waals surface area contributed by atoms with E-state index in [0.29, 0.717) is 23.5 Å². The summed E-state index contributed by atoms with van der Waals surface area (Å²) >= 11 is 0. The quantitative estimate of drug-likeness (QED) is 0.730. The van der Waals surface area contributed by atoms with Crippen LogP contribution in [0, 0.1) is 5.82 Å². The largest absolute Gasteiger partial charge is 0.493 e. The van der Waals surface area contributed by atoms with Gasteiger partial charge in [-0.15, -0.1) is 0 Å². The molecule has 1 saturated carbocycles. The topological polar surface area (TPSA) is 35.5 Å². The number of hydrogen-bond donors (Lipinski definition) is 0. The van der Waals surface area contributed by atoms with E-state index in [2.05, 4.69) is 0 Å². The van der Waals surface area contributed by atoms with Crippen molar-refractivity contribution in [2.24, 2.45) is 0 Å². The zero-order valence-electron chi connectivity index (χ0n) is 10.6. The maximum absolute atomic E-state index is 13.5. The van der Waals surface area contributed by atoms with Gasteiger partial charge in [0.2, 0.25) is 0 Å². The highest BCUT2D eigenvalue weighted by atomic mass is 19.1. The summed E-state index contributed by atoms with van der Waals surface area (Å²) in [6.45, 7) is 1.88. The molecule has 2 rings (SSSR count). The molecule has 1 fully saturated rings. The summed E-state index contributed by atoms with van der Waals surface area (Å²) < 4.78 is 24.5. The van der Waals surface area contributed by atoms with Crippen molar-refractivity contribution in [2.45, 2.75) is 38.2 Å². The van der Waals surface area contributed by atoms with Crippen molar-refractivity contribution >= 4 is 6.29 Å². The van der Waals surface area contributed by atoms with Crippen LogP contribution in [0.3, 0.4) is 0 Å². The van der Waals surface area contributed by atoms with Crippen LogP contribution in [0.5, 0.6) is 11.5 Å². The lowest BCUT2D eigenvalue weighted by Gasteiger charge is -2.18. The van der Waals surface area contributed by atoms with E-state index < -0.39 is 0 Å². The molecule has 0 bridgehead atoms. The second kappa shape index (κ2) is 5.38. The summed E-state index contributed by atoms with van der Waals surface area (Å²) in [5.41, 5.74) is 0.700. The molecule has 0 spiro atoms. The predicted octanol–water partition coefficient (Wildman–Crippen LogP) is 3.07. The van der Waals surface area contributed by atoms with Gasteiger partial charge in [-0.3, -0.25) is 0 Å². The molecular weight excluding hydrogens is 235 g/mol. The maximum atomic E-state index is 13.5. The third kappa shape index (κ3) is 2.81. The van der Waals surface area contributed by atoms with Crippen LogP contribution in [-0.2, 0) is 4.79 Å². The molecule has 1 aromatic carbocycles. The van der Waals surface area contributed by atoms with Gasteiger partial charge in [0.25, 0.3) is 0 Å². The summed E-state index contributed by atoms with van der Waals surface area (Å²) in [5.74, 6) is 0.522. The van der Waals surface area contributed by atoms with Gasteiger partial charge in [0.15, 0.2) is 11.5 Å². The van der Waals surface area contributed by atoms with Crippen molar-refractivity contribution < 1.29 is 18.7 Å². The number of halogens is 1. The molecule has 1 aliphatic carbocycles. The molecule has 1 aliphatic rings. The average Bonchev–Trinajstić information content (AvgIpc) is 3.15. The van der Waals surface area contributed by atoms with Gasteiger partial charge in [-0.2, -0.15) is 0 Å². The number of aldehydes is 1. The zero-order chi connectivity index (χ0) is 13.1. The fourth-order valence-corrected chi connectivity index (χ4v) is 1.86. The minimum Gasteiger partial charge on any atom is -0.493 e. The Balaban J connectivity index is 2.38. The van der Waals surface area contributed by atoms with Crippen LogP contribution in [0.15, 0.2) is 12.1 Å². The Labute approximate surface area is 106 Å². The third-order valence-corrected chi connectivity index (χ3v) is 3.06. The molecule has 98 valence electrons. The van der Waals surface area contributed by atoms with Gasteiger partial charge in [0.1, 0.15) is 12.1 Å². The Morgan fingerprint density at radius 1 is 1.50 bits per heavy atom. The lowest BCUT2D eigenvalue weighted by molar-refractivity contribution is -0.108. The zero-order valence-corrected chi connectivity index (χ0v) is 10.6. The van der Waals surface area contributed by atoms with Crippen molar-refractivity contribution in [3.8, 4) is 11.5 Å². The maximum Gasteiger partial charge on any atom is 0.165 e. The van der Waals surface area contributed by atoms with E-state index in [0.717, 1.165) is 19.1 Å². The minimum atomic E-state index is -0.372. The van der Waals surface area contributed by atoms with Gasteiger partial charge in [-0.05, 0) is 24.8 Å².